The minimum absolute atomic E-state index is 0.125. The lowest BCUT2D eigenvalue weighted by Gasteiger charge is -2.21. The maximum atomic E-state index is 11.1. The van der Waals surface area contributed by atoms with Crippen molar-refractivity contribution in [2.75, 3.05) is 0 Å². The molecule has 2 aromatic rings. The number of rotatable bonds is 6. The Morgan fingerprint density at radius 2 is 2.23 bits per heavy atom. The van der Waals surface area contributed by atoms with Crippen LogP contribution in [0.15, 0.2) is 30.7 Å². The number of nitrogens with two attached hydrogens (primary N) is 1. The van der Waals surface area contributed by atoms with Crippen molar-refractivity contribution in [3.63, 3.8) is 0 Å². The van der Waals surface area contributed by atoms with Gasteiger partial charge in [-0.2, -0.15) is 0 Å². The zero-order valence-corrected chi connectivity index (χ0v) is 12.9. The van der Waals surface area contributed by atoms with Crippen molar-refractivity contribution in [1.82, 2.24) is 9.55 Å². The van der Waals surface area contributed by atoms with Gasteiger partial charge in [-0.15, -0.1) is 0 Å². The fourth-order valence-electron chi connectivity index (χ4n) is 2.34. The SMILES string of the molecule is CC(O)C(CCc1ccc(Cl)cc1O)n1cnc(C(N)=O)c1. The van der Waals surface area contributed by atoms with Crippen molar-refractivity contribution in [2.24, 2.45) is 5.73 Å². The van der Waals surface area contributed by atoms with Gasteiger partial charge >= 0.3 is 0 Å². The molecule has 0 aliphatic carbocycles. The van der Waals surface area contributed by atoms with Gasteiger partial charge in [-0.3, -0.25) is 4.79 Å². The smallest absolute Gasteiger partial charge is 0.268 e. The van der Waals surface area contributed by atoms with E-state index in [2.05, 4.69) is 4.98 Å². The third-order valence-corrected chi connectivity index (χ3v) is 3.79. The number of aliphatic hydroxyl groups is 1. The van der Waals surface area contributed by atoms with E-state index < -0.39 is 12.0 Å². The van der Waals surface area contributed by atoms with Gasteiger partial charge in [-0.1, -0.05) is 17.7 Å². The Bertz CT molecular complexity index is 670. The maximum Gasteiger partial charge on any atom is 0.268 e. The number of primary amides is 1. The number of phenols is 1. The largest absolute Gasteiger partial charge is 0.508 e. The van der Waals surface area contributed by atoms with Crippen LogP contribution in [0.1, 0.15) is 35.4 Å². The molecule has 0 saturated heterocycles. The number of aromatic hydroxyl groups is 1. The molecule has 2 rings (SSSR count). The van der Waals surface area contributed by atoms with Gasteiger partial charge < -0.3 is 20.5 Å². The molecule has 1 aromatic carbocycles. The van der Waals surface area contributed by atoms with Crippen molar-refractivity contribution in [3.8, 4) is 5.75 Å². The summed E-state index contributed by atoms with van der Waals surface area (Å²) in [4.78, 5) is 15.0. The Morgan fingerprint density at radius 1 is 1.50 bits per heavy atom. The van der Waals surface area contributed by atoms with Crippen LogP contribution in [-0.4, -0.2) is 31.8 Å². The molecule has 0 bridgehead atoms. The molecule has 1 amide bonds. The molecule has 7 heteroatoms. The van der Waals surface area contributed by atoms with Gasteiger partial charge in [0.2, 0.25) is 0 Å². The molecule has 0 saturated carbocycles. The minimum Gasteiger partial charge on any atom is -0.508 e. The number of benzene rings is 1. The number of aromatic nitrogens is 2. The number of aliphatic hydroxyl groups excluding tert-OH is 1. The predicted molar refractivity (Wildman–Crippen MR) is 82.9 cm³/mol. The summed E-state index contributed by atoms with van der Waals surface area (Å²) >= 11 is 5.80. The number of hydrogen-bond acceptors (Lipinski definition) is 4. The lowest BCUT2D eigenvalue weighted by atomic mass is 10.0. The van der Waals surface area contributed by atoms with E-state index in [1.54, 1.807) is 23.6 Å². The number of carbonyl (C=O) groups is 1. The summed E-state index contributed by atoms with van der Waals surface area (Å²) in [6.07, 6.45) is 3.44. The highest BCUT2D eigenvalue weighted by Gasteiger charge is 2.19. The molecule has 0 fully saturated rings. The highest BCUT2D eigenvalue weighted by molar-refractivity contribution is 6.30. The number of halogens is 1. The number of aryl methyl sites for hydroxylation is 1. The van der Waals surface area contributed by atoms with Gasteiger partial charge in [0.05, 0.1) is 18.5 Å². The second kappa shape index (κ2) is 6.81. The van der Waals surface area contributed by atoms with Gasteiger partial charge in [-0.05, 0) is 37.5 Å². The van der Waals surface area contributed by atoms with E-state index in [4.69, 9.17) is 17.3 Å². The fourth-order valence-corrected chi connectivity index (χ4v) is 2.50. The topological polar surface area (TPSA) is 101 Å². The van der Waals surface area contributed by atoms with E-state index in [1.165, 1.54) is 18.6 Å². The molecule has 118 valence electrons. The lowest BCUT2D eigenvalue weighted by molar-refractivity contribution is 0.0994. The predicted octanol–water partition coefficient (Wildman–Crippen LogP) is 1.90. The third-order valence-electron chi connectivity index (χ3n) is 3.55. The second-order valence-corrected chi connectivity index (χ2v) is 5.63. The zero-order chi connectivity index (χ0) is 16.3. The number of imidazole rings is 1. The van der Waals surface area contributed by atoms with E-state index in [0.717, 1.165) is 5.56 Å². The summed E-state index contributed by atoms with van der Waals surface area (Å²) in [6, 6.07) is 4.66. The van der Waals surface area contributed by atoms with Crippen LogP contribution in [0.25, 0.3) is 0 Å². The molecule has 0 spiro atoms. The molecule has 22 heavy (non-hydrogen) atoms. The van der Waals surface area contributed by atoms with Crippen LogP contribution >= 0.6 is 11.6 Å². The molecular formula is C15H18ClN3O3. The quantitative estimate of drug-likeness (QED) is 0.755. The number of amides is 1. The highest BCUT2D eigenvalue weighted by atomic mass is 35.5. The van der Waals surface area contributed by atoms with Crippen LogP contribution in [0, 0.1) is 0 Å². The summed E-state index contributed by atoms with van der Waals surface area (Å²) in [5.74, 6) is -0.487. The molecule has 1 aromatic heterocycles. The first-order valence-corrected chi connectivity index (χ1v) is 7.25. The van der Waals surface area contributed by atoms with Crippen molar-refractivity contribution in [1.29, 1.82) is 0 Å². The van der Waals surface area contributed by atoms with Gasteiger partial charge in [0.1, 0.15) is 11.4 Å². The minimum atomic E-state index is -0.649. The van der Waals surface area contributed by atoms with E-state index in [0.29, 0.717) is 17.9 Å². The Morgan fingerprint density at radius 3 is 2.77 bits per heavy atom. The molecule has 4 N–H and O–H groups in total. The van der Waals surface area contributed by atoms with Crippen molar-refractivity contribution < 1.29 is 15.0 Å². The van der Waals surface area contributed by atoms with Gasteiger partial charge in [0, 0.05) is 11.2 Å². The molecule has 0 aliphatic rings. The second-order valence-electron chi connectivity index (χ2n) is 5.19. The Hall–Kier alpha value is -2.05. The molecule has 6 nitrogen and oxygen atoms in total. The normalized spacial score (nSPS) is 13.8. The third kappa shape index (κ3) is 3.78. The van der Waals surface area contributed by atoms with Gasteiger partial charge in [-0.25, -0.2) is 4.98 Å². The van der Waals surface area contributed by atoms with Crippen LogP contribution in [0.4, 0.5) is 0 Å². The van der Waals surface area contributed by atoms with Crippen LogP contribution in [-0.2, 0) is 6.42 Å². The van der Waals surface area contributed by atoms with Crippen LogP contribution in [0.5, 0.6) is 5.75 Å². The van der Waals surface area contributed by atoms with Crippen LogP contribution in [0.2, 0.25) is 5.02 Å². The van der Waals surface area contributed by atoms with E-state index in [-0.39, 0.29) is 17.5 Å². The summed E-state index contributed by atoms with van der Waals surface area (Å²) in [5.41, 5.74) is 6.07. The van der Waals surface area contributed by atoms with Crippen LogP contribution < -0.4 is 5.73 Å². The molecule has 0 aliphatic heterocycles. The van der Waals surface area contributed by atoms with Gasteiger partial charge in [0.25, 0.3) is 5.91 Å². The molecule has 2 unspecified atom stereocenters. The molecule has 0 radical (unpaired) electrons. The average molecular weight is 324 g/mol. The summed E-state index contributed by atoms with van der Waals surface area (Å²) in [7, 11) is 0. The first-order valence-electron chi connectivity index (χ1n) is 6.87. The number of nitrogens with zero attached hydrogens (tertiary/aromatic N) is 2. The lowest BCUT2D eigenvalue weighted by Crippen LogP contribution is -2.21. The Kier molecular flexibility index (Phi) is 5.05. The van der Waals surface area contributed by atoms with Crippen molar-refractivity contribution in [2.45, 2.75) is 31.9 Å². The number of hydrogen-bond donors (Lipinski definition) is 3. The first-order chi connectivity index (χ1) is 10.4. The van der Waals surface area contributed by atoms with Crippen molar-refractivity contribution >= 4 is 17.5 Å². The summed E-state index contributed by atoms with van der Waals surface area (Å²) in [6.45, 7) is 1.66. The number of phenolic OH excluding ortho intramolecular Hbond substituents is 1. The maximum absolute atomic E-state index is 11.1. The zero-order valence-electron chi connectivity index (χ0n) is 12.1. The van der Waals surface area contributed by atoms with Gasteiger partial charge in [0.15, 0.2) is 0 Å². The Balaban J connectivity index is 2.13. The summed E-state index contributed by atoms with van der Waals surface area (Å²) in [5, 5.41) is 20.3. The standard InChI is InChI=1S/C15H18ClN3O3/c1-9(20)13(19-7-12(15(17)22)18-8-19)5-3-10-2-4-11(16)6-14(10)21/h2,4,6-9,13,20-21H,3,5H2,1H3,(H2,17,22). The first kappa shape index (κ1) is 16.3. The van der Waals surface area contributed by atoms with Crippen molar-refractivity contribution in [3.05, 3.63) is 47.0 Å². The highest BCUT2D eigenvalue weighted by Crippen LogP contribution is 2.26. The Labute approximate surface area is 133 Å². The number of carbonyl (C=O) groups excluding carboxylic acids is 1. The van der Waals surface area contributed by atoms with E-state index in [1.807, 2.05) is 0 Å². The van der Waals surface area contributed by atoms with E-state index >= 15 is 0 Å². The average Bonchev–Trinajstić information content (AvgIpc) is 2.90. The monoisotopic (exact) mass is 323 g/mol. The van der Waals surface area contributed by atoms with E-state index in [9.17, 15) is 15.0 Å². The fraction of sp³-hybridized carbons (Fsp3) is 0.333. The summed E-state index contributed by atoms with van der Waals surface area (Å²) < 4.78 is 1.66. The molecule has 2 atom stereocenters. The van der Waals surface area contributed by atoms with Crippen LogP contribution in [0.3, 0.4) is 0 Å². The molecular weight excluding hydrogens is 306 g/mol. The molecule has 1 heterocycles.